The van der Waals surface area contributed by atoms with Crippen molar-refractivity contribution in [2.45, 2.75) is 120 Å². The van der Waals surface area contributed by atoms with Crippen molar-refractivity contribution in [3.63, 3.8) is 0 Å². The van der Waals surface area contributed by atoms with Crippen molar-refractivity contribution < 1.29 is 41.1 Å². The highest BCUT2D eigenvalue weighted by molar-refractivity contribution is 7.91. The maximum atomic E-state index is 14.4. The van der Waals surface area contributed by atoms with Crippen molar-refractivity contribution in [3.8, 4) is 0 Å². The number of sulfonamides is 1. The summed E-state index contributed by atoms with van der Waals surface area (Å²) in [5.74, 6) is -1.17. The van der Waals surface area contributed by atoms with Crippen LogP contribution in [0.2, 0.25) is 0 Å². The molecule has 0 radical (unpaired) electrons. The number of aryl methyl sites for hydroxylation is 2. The van der Waals surface area contributed by atoms with Crippen LogP contribution in [0.25, 0.3) is 0 Å². The van der Waals surface area contributed by atoms with Gasteiger partial charge in [-0.2, -0.15) is 0 Å². The van der Waals surface area contributed by atoms with E-state index in [0.717, 1.165) is 37.0 Å². The van der Waals surface area contributed by atoms with E-state index in [1.165, 1.54) is 15.9 Å². The molecule has 4 heterocycles. The fraction of sp³-hybridized carbons (Fsp3) is 0.568. The molecular weight excluding hydrogens is 693 g/mol. The Bertz CT molecular complexity index is 1870. The summed E-state index contributed by atoms with van der Waals surface area (Å²) in [5, 5.41) is 5.56. The summed E-state index contributed by atoms with van der Waals surface area (Å²) >= 11 is 0. The van der Waals surface area contributed by atoms with Crippen LogP contribution in [0.1, 0.15) is 86.0 Å². The molecule has 280 valence electrons. The van der Waals surface area contributed by atoms with Crippen molar-refractivity contribution >= 4 is 33.8 Å². The second-order valence-electron chi connectivity index (χ2n) is 14.9. The van der Waals surface area contributed by atoms with Crippen molar-refractivity contribution in [3.05, 3.63) is 70.4 Å². The third-order valence-corrected chi connectivity index (χ3v) is 12.9. The van der Waals surface area contributed by atoms with Crippen LogP contribution in [-0.2, 0) is 48.8 Å². The molecule has 0 bridgehead atoms. The number of carbonyl (C=O) groups excluding carboxylic acids is 4. The largest absolute Gasteiger partial charge is 0.465 e. The summed E-state index contributed by atoms with van der Waals surface area (Å²) in [7, 11) is -3.89. The summed E-state index contributed by atoms with van der Waals surface area (Å²) in [6.45, 7) is 4.22. The lowest BCUT2D eigenvalue weighted by atomic mass is 10.0. The number of carbonyl (C=O) groups is 4. The Kier molecular flexibility index (Phi) is 9.93. The fourth-order valence-electron chi connectivity index (χ4n) is 7.59. The van der Waals surface area contributed by atoms with E-state index in [1.807, 2.05) is 32.1 Å². The van der Waals surface area contributed by atoms with Gasteiger partial charge in [-0.3, -0.25) is 29.3 Å². The van der Waals surface area contributed by atoms with E-state index in [0.29, 0.717) is 36.1 Å². The first-order valence-electron chi connectivity index (χ1n) is 18.2. The topological polar surface area (TPSA) is 167 Å². The third-order valence-electron chi connectivity index (χ3n) is 11.0. The summed E-state index contributed by atoms with van der Waals surface area (Å²) in [6.07, 6.45) is 7.00. The van der Waals surface area contributed by atoms with Crippen molar-refractivity contribution in [2.75, 3.05) is 6.54 Å². The van der Waals surface area contributed by atoms with Gasteiger partial charge in [-0.1, -0.05) is 37.1 Å². The summed E-state index contributed by atoms with van der Waals surface area (Å²) < 4.78 is 53.9. The number of allylic oxidation sites excluding steroid dienone is 1. The Labute approximate surface area is 302 Å². The molecule has 52 heavy (non-hydrogen) atoms. The third kappa shape index (κ3) is 7.47. The van der Waals surface area contributed by atoms with Crippen molar-refractivity contribution in [1.82, 2.24) is 25.2 Å². The van der Waals surface area contributed by atoms with Crippen LogP contribution >= 0.6 is 0 Å². The summed E-state index contributed by atoms with van der Waals surface area (Å²) in [5.41, 5.74) is 0.590. The van der Waals surface area contributed by atoms with Gasteiger partial charge in [0.2, 0.25) is 21.8 Å². The Morgan fingerprint density at radius 2 is 1.92 bits per heavy atom. The number of amides is 4. The minimum Gasteiger partial charge on any atom is -0.465 e. The highest BCUT2D eigenvalue weighted by atomic mass is 32.2. The number of hydrogen-bond donors (Lipinski definition) is 3. The smallest absolute Gasteiger partial charge is 0.410 e. The van der Waals surface area contributed by atoms with Gasteiger partial charge in [-0.05, 0) is 75.6 Å². The first-order valence-corrected chi connectivity index (χ1v) is 19.8. The van der Waals surface area contributed by atoms with E-state index in [-0.39, 0.29) is 44.9 Å². The first kappa shape index (κ1) is 36.1. The quantitative estimate of drug-likeness (QED) is 0.360. The molecule has 15 heteroatoms. The zero-order valence-electron chi connectivity index (χ0n) is 29.5. The maximum absolute atomic E-state index is 14.4. The predicted molar refractivity (Wildman–Crippen MR) is 186 cm³/mol. The monoisotopic (exact) mass is 739 g/mol. The molecule has 2 aliphatic carbocycles. The minimum absolute atomic E-state index is 0.0359. The Morgan fingerprint density at radius 3 is 2.65 bits per heavy atom. The molecule has 0 spiro atoms. The van der Waals surface area contributed by atoms with E-state index in [2.05, 4.69) is 15.4 Å². The number of halogens is 1. The van der Waals surface area contributed by atoms with Gasteiger partial charge in [-0.15, -0.1) is 0 Å². The van der Waals surface area contributed by atoms with Gasteiger partial charge in [0.1, 0.15) is 35.0 Å². The Balaban J connectivity index is 1.13. The van der Waals surface area contributed by atoms with Crippen LogP contribution in [0.15, 0.2) is 40.8 Å². The number of hydrogen-bond acceptors (Lipinski definition) is 9. The van der Waals surface area contributed by atoms with Gasteiger partial charge in [0.25, 0.3) is 5.91 Å². The zero-order valence-corrected chi connectivity index (χ0v) is 30.3. The molecule has 7 rings (SSSR count). The average Bonchev–Trinajstić information content (AvgIpc) is 3.94. The molecule has 1 unspecified atom stereocenters. The molecule has 2 aromatic rings. The van der Waals surface area contributed by atoms with Crippen LogP contribution in [-0.4, -0.2) is 77.6 Å². The van der Waals surface area contributed by atoms with Gasteiger partial charge < -0.3 is 19.4 Å². The first-order chi connectivity index (χ1) is 24.8. The molecule has 1 saturated heterocycles. The summed E-state index contributed by atoms with van der Waals surface area (Å²) in [4.78, 5) is 58.5. The molecule has 5 atom stereocenters. The van der Waals surface area contributed by atoms with Gasteiger partial charge in [0.15, 0.2) is 0 Å². The number of ether oxygens (including phenoxy) is 1. The lowest BCUT2D eigenvalue weighted by Crippen LogP contribution is -2.58. The molecule has 13 nitrogen and oxygen atoms in total. The lowest BCUT2D eigenvalue weighted by Gasteiger charge is -2.30. The van der Waals surface area contributed by atoms with Crippen LogP contribution < -0.4 is 15.4 Å². The average molecular weight is 740 g/mol. The molecule has 2 saturated carbocycles. The molecule has 4 amide bonds. The fourth-order valence-corrected chi connectivity index (χ4v) is 8.95. The van der Waals surface area contributed by atoms with E-state index in [9.17, 15) is 32.0 Å². The number of rotatable bonds is 7. The van der Waals surface area contributed by atoms with Gasteiger partial charge in [0, 0.05) is 24.4 Å². The second kappa shape index (κ2) is 14.3. The summed E-state index contributed by atoms with van der Waals surface area (Å²) in [6, 6.07) is 4.78. The molecule has 1 aromatic heterocycles. The molecule has 3 N–H and O–H groups in total. The minimum atomic E-state index is -3.89. The van der Waals surface area contributed by atoms with Crippen LogP contribution in [0.4, 0.5) is 9.18 Å². The number of furan rings is 1. The van der Waals surface area contributed by atoms with Crippen LogP contribution in [0.5, 0.6) is 0 Å². The number of nitrogens with zero attached hydrogens (tertiary/aromatic N) is 2. The Hall–Kier alpha value is -4.24. The Morgan fingerprint density at radius 1 is 1.12 bits per heavy atom. The maximum Gasteiger partial charge on any atom is 0.410 e. The lowest BCUT2D eigenvalue weighted by molar-refractivity contribution is -0.141. The number of fused-ring (bicyclic) bond motifs is 3. The van der Waals surface area contributed by atoms with E-state index in [4.69, 9.17) is 9.15 Å². The number of nitrogens with one attached hydrogen (secondary N) is 3. The van der Waals surface area contributed by atoms with E-state index < -0.39 is 68.6 Å². The van der Waals surface area contributed by atoms with Crippen molar-refractivity contribution in [2.24, 2.45) is 5.92 Å². The second-order valence-corrected chi connectivity index (χ2v) is 16.8. The molecule has 3 aliphatic heterocycles. The molecule has 1 aromatic carbocycles. The molecular formula is C37H46FN5O8S. The highest BCUT2D eigenvalue weighted by Gasteiger charge is 2.62. The van der Waals surface area contributed by atoms with Gasteiger partial charge >= 0.3 is 6.09 Å². The SMILES string of the molecule is Cc1cc(CNC2CCCCC/C=C\[C@@H]3C[C@@]3(C(=O)NS(=O)(=O)C3CC3)NC(=O)[C@@H]3C[C@@H](OC(=O)N4Cc5cccc(F)c5C4)CN3C2=O)oc1C. The van der Waals surface area contributed by atoms with E-state index >= 15 is 0 Å². The molecule has 5 aliphatic rings. The zero-order chi connectivity index (χ0) is 36.8. The van der Waals surface area contributed by atoms with E-state index in [1.54, 1.807) is 12.1 Å². The van der Waals surface area contributed by atoms with Crippen LogP contribution in [0.3, 0.4) is 0 Å². The normalized spacial score (nSPS) is 28.5. The highest BCUT2D eigenvalue weighted by Crippen LogP contribution is 2.46. The van der Waals surface area contributed by atoms with Crippen molar-refractivity contribution in [1.29, 1.82) is 0 Å². The van der Waals surface area contributed by atoms with Gasteiger partial charge in [-0.25, -0.2) is 17.6 Å². The van der Waals surface area contributed by atoms with Gasteiger partial charge in [0.05, 0.1) is 30.9 Å². The van der Waals surface area contributed by atoms with Crippen LogP contribution in [0, 0.1) is 25.6 Å². The molecule has 3 fully saturated rings. The number of benzene rings is 1. The standard InChI is InChI=1S/C37H46FN5O8S/c1-22-15-26(50-23(22)2)18-39-31-12-7-5-3-4-6-10-25-17-37(25,35(46)41-52(48,49)28-13-14-28)40-33(44)32-16-27(20-43(32)34(31)45)51-36(47)42-19-24-9-8-11-30(38)29(24)21-42/h6,8-11,15,25,27-28,31-32,39H,3-5,7,12-14,16-21H2,1-2H3,(H,40,44)(H,41,46)/b10-6-/t25-,27-,31?,32+,37-/m1/s1. The predicted octanol–water partition coefficient (Wildman–Crippen LogP) is 3.62.